The molecule has 3 N–H and O–H groups in total. The van der Waals surface area contributed by atoms with Crippen LogP contribution in [0, 0.1) is 0 Å². The summed E-state index contributed by atoms with van der Waals surface area (Å²) in [7, 11) is 1.60. The number of aromatic amines is 1. The minimum absolute atomic E-state index is 0.140. The van der Waals surface area contributed by atoms with Gasteiger partial charge in [-0.15, -0.1) is 0 Å². The molecular formula is C21H20N6O3. The molecule has 1 fully saturated rings. The van der Waals surface area contributed by atoms with Crippen molar-refractivity contribution in [3.05, 3.63) is 53.9 Å². The molecule has 0 radical (unpaired) electrons. The van der Waals surface area contributed by atoms with Gasteiger partial charge >= 0.3 is 0 Å². The maximum Gasteiger partial charge on any atom is 0.276 e. The highest BCUT2D eigenvalue weighted by Gasteiger charge is 2.30. The lowest BCUT2D eigenvalue weighted by Crippen LogP contribution is -2.28. The molecule has 0 spiro atoms. The van der Waals surface area contributed by atoms with Gasteiger partial charge in [0.25, 0.3) is 5.91 Å². The van der Waals surface area contributed by atoms with Crippen molar-refractivity contribution < 1.29 is 14.1 Å². The summed E-state index contributed by atoms with van der Waals surface area (Å²) in [5.41, 5.74) is 8.42. The van der Waals surface area contributed by atoms with E-state index in [2.05, 4.69) is 20.3 Å². The fourth-order valence-electron chi connectivity index (χ4n) is 3.80. The molecule has 3 aromatic heterocycles. The normalized spacial score (nSPS) is 16.3. The third-order valence-corrected chi connectivity index (χ3v) is 5.45. The molecule has 1 aliphatic rings. The Morgan fingerprint density at radius 2 is 2.20 bits per heavy atom. The Bertz CT molecular complexity index is 1230. The number of H-pyrrole nitrogens is 1. The summed E-state index contributed by atoms with van der Waals surface area (Å²) < 4.78 is 10.6. The lowest BCUT2D eigenvalue weighted by Gasteiger charge is -2.14. The topological polar surface area (TPSA) is 123 Å². The predicted octanol–water partition coefficient (Wildman–Crippen LogP) is 2.83. The molecule has 1 aromatic carbocycles. The molecule has 0 saturated carbocycles. The van der Waals surface area contributed by atoms with Crippen molar-refractivity contribution in [2.75, 3.05) is 25.9 Å². The number of hydrogen-bond acceptors (Lipinski definition) is 7. The van der Waals surface area contributed by atoms with E-state index in [-0.39, 0.29) is 17.5 Å². The highest BCUT2D eigenvalue weighted by Crippen LogP contribution is 2.30. The average Bonchev–Trinajstić information content (AvgIpc) is 3.53. The molecule has 1 atom stereocenters. The fraction of sp³-hybridized carbons (Fsp3) is 0.238. The summed E-state index contributed by atoms with van der Waals surface area (Å²) in [6.45, 7) is 1.20. The second-order valence-electron chi connectivity index (χ2n) is 7.29. The Labute approximate surface area is 171 Å². The highest BCUT2D eigenvalue weighted by molar-refractivity contribution is 5.93. The van der Waals surface area contributed by atoms with Gasteiger partial charge in [0, 0.05) is 36.3 Å². The minimum atomic E-state index is -0.152. The SMILES string of the molecule is COc1cccc(-c2cc(C(=O)N3CC[C@@H](c4ccc5c(N)[nH]nc5n4)C3)no2)c1. The van der Waals surface area contributed by atoms with E-state index in [4.69, 9.17) is 15.0 Å². The Balaban J connectivity index is 1.31. The van der Waals surface area contributed by atoms with Gasteiger partial charge < -0.3 is 19.9 Å². The first-order valence-corrected chi connectivity index (χ1v) is 9.63. The smallest absolute Gasteiger partial charge is 0.276 e. The van der Waals surface area contributed by atoms with Crippen LogP contribution in [0.15, 0.2) is 47.0 Å². The van der Waals surface area contributed by atoms with Gasteiger partial charge in [0.2, 0.25) is 0 Å². The number of nitrogen functional groups attached to an aromatic ring is 1. The Kier molecular flexibility index (Phi) is 4.35. The number of ether oxygens (including phenoxy) is 1. The molecule has 1 aliphatic heterocycles. The molecule has 152 valence electrons. The van der Waals surface area contributed by atoms with Crippen molar-refractivity contribution >= 4 is 22.8 Å². The van der Waals surface area contributed by atoms with Gasteiger partial charge in [-0.25, -0.2) is 4.98 Å². The molecular weight excluding hydrogens is 384 g/mol. The van der Waals surface area contributed by atoms with Crippen LogP contribution >= 0.6 is 0 Å². The van der Waals surface area contributed by atoms with Crippen molar-refractivity contribution in [3.63, 3.8) is 0 Å². The Morgan fingerprint density at radius 1 is 1.30 bits per heavy atom. The van der Waals surface area contributed by atoms with Gasteiger partial charge in [-0.05, 0) is 30.7 Å². The maximum absolute atomic E-state index is 12.9. The van der Waals surface area contributed by atoms with Gasteiger partial charge in [-0.3, -0.25) is 9.89 Å². The van der Waals surface area contributed by atoms with Gasteiger partial charge in [0.1, 0.15) is 11.6 Å². The molecule has 0 aliphatic carbocycles. The lowest BCUT2D eigenvalue weighted by atomic mass is 10.0. The number of rotatable bonds is 4. The molecule has 1 saturated heterocycles. The number of carbonyl (C=O) groups excluding carboxylic acids is 1. The van der Waals surface area contributed by atoms with Gasteiger partial charge in [0.15, 0.2) is 17.1 Å². The van der Waals surface area contributed by atoms with E-state index in [1.165, 1.54) is 0 Å². The van der Waals surface area contributed by atoms with Crippen LogP contribution in [0.3, 0.4) is 0 Å². The van der Waals surface area contributed by atoms with E-state index in [9.17, 15) is 4.79 Å². The largest absolute Gasteiger partial charge is 0.497 e. The van der Waals surface area contributed by atoms with E-state index in [0.717, 1.165) is 23.1 Å². The molecule has 5 rings (SSSR count). The van der Waals surface area contributed by atoms with Crippen molar-refractivity contribution in [1.82, 2.24) is 25.2 Å². The number of carbonyl (C=O) groups is 1. The number of nitrogens with zero attached hydrogens (tertiary/aromatic N) is 4. The van der Waals surface area contributed by atoms with Crippen LogP contribution in [0.5, 0.6) is 5.75 Å². The van der Waals surface area contributed by atoms with E-state index in [1.54, 1.807) is 18.1 Å². The number of fused-ring (bicyclic) bond motifs is 1. The zero-order valence-electron chi connectivity index (χ0n) is 16.3. The highest BCUT2D eigenvalue weighted by atomic mass is 16.5. The number of nitrogens with one attached hydrogen (secondary N) is 1. The van der Waals surface area contributed by atoms with Crippen molar-refractivity contribution in [2.45, 2.75) is 12.3 Å². The minimum Gasteiger partial charge on any atom is -0.497 e. The molecule has 0 unspecified atom stereocenters. The number of nitrogens with two attached hydrogens (primary N) is 1. The second kappa shape index (κ2) is 7.18. The number of methoxy groups -OCH3 is 1. The Morgan fingerprint density at radius 3 is 3.07 bits per heavy atom. The predicted molar refractivity (Wildman–Crippen MR) is 110 cm³/mol. The van der Waals surface area contributed by atoms with E-state index < -0.39 is 0 Å². The summed E-state index contributed by atoms with van der Waals surface area (Å²) in [4.78, 5) is 19.3. The zero-order chi connectivity index (χ0) is 20.7. The number of likely N-dealkylation sites (tertiary alicyclic amines) is 1. The van der Waals surface area contributed by atoms with Crippen molar-refractivity contribution in [1.29, 1.82) is 0 Å². The summed E-state index contributed by atoms with van der Waals surface area (Å²) in [5, 5.41) is 11.6. The fourth-order valence-corrected chi connectivity index (χ4v) is 3.80. The van der Waals surface area contributed by atoms with Crippen LogP contribution in [-0.2, 0) is 0 Å². The van der Waals surface area contributed by atoms with Crippen LogP contribution in [0.2, 0.25) is 0 Å². The lowest BCUT2D eigenvalue weighted by molar-refractivity contribution is 0.0780. The van der Waals surface area contributed by atoms with Gasteiger partial charge in [-0.1, -0.05) is 17.3 Å². The number of hydrogen-bond donors (Lipinski definition) is 2. The Hall–Kier alpha value is -3.88. The van der Waals surface area contributed by atoms with Gasteiger partial charge in [0.05, 0.1) is 12.5 Å². The quantitative estimate of drug-likeness (QED) is 0.536. The summed E-state index contributed by atoms with van der Waals surface area (Å²) in [5.74, 6) is 1.73. The molecule has 9 nitrogen and oxygen atoms in total. The third kappa shape index (κ3) is 3.14. The van der Waals surface area contributed by atoms with Crippen LogP contribution in [0.25, 0.3) is 22.4 Å². The number of pyridine rings is 1. The van der Waals surface area contributed by atoms with E-state index in [0.29, 0.717) is 36.1 Å². The average molecular weight is 404 g/mol. The van der Waals surface area contributed by atoms with Crippen molar-refractivity contribution in [2.24, 2.45) is 0 Å². The zero-order valence-corrected chi connectivity index (χ0v) is 16.3. The van der Waals surface area contributed by atoms with Gasteiger partial charge in [-0.2, -0.15) is 5.10 Å². The third-order valence-electron chi connectivity index (χ3n) is 5.45. The van der Waals surface area contributed by atoms with E-state index >= 15 is 0 Å². The molecule has 4 heterocycles. The summed E-state index contributed by atoms with van der Waals surface area (Å²) in [6.07, 6.45) is 0.824. The van der Waals surface area contributed by atoms with Crippen molar-refractivity contribution in [3.8, 4) is 17.1 Å². The van der Waals surface area contributed by atoms with E-state index in [1.807, 2.05) is 36.4 Å². The number of amides is 1. The number of aromatic nitrogens is 4. The molecule has 9 heteroatoms. The van der Waals surface area contributed by atoms with Crippen LogP contribution in [-0.4, -0.2) is 51.3 Å². The summed E-state index contributed by atoms with van der Waals surface area (Å²) >= 11 is 0. The molecule has 0 bridgehead atoms. The van der Waals surface area contributed by atoms with Crippen LogP contribution in [0.1, 0.15) is 28.5 Å². The first kappa shape index (κ1) is 18.2. The molecule has 30 heavy (non-hydrogen) atoms. The number of anilines is 1. The van der Waals surface area contributed by atoms with Crippen LogP contribution in [0.4, 0.5) is 5.82 Å². The molecule has 4 aromatic rings. The van der Waals surface area contributed by atoms with Crippen LogP contribution < -0.4 is 10.5 Å². The second-order valence-corrected chi connectivity index (χ2v) is 7.29. The molecule has 1 amide bonds. The first-order chi connectivity index (χ1) is 14.6. The monoisotopic (exact) mass is 404 g/mol. The first-order valence-electron chi connectivity index (χ1n) is 9.63. The summed E-state index contributed by atoms with van der Waals surface area (Å²) in [6, 6.07) is 13.0. The number of benzene rings is 1. The standard InChI is InChI=1S/C21H20N6O3/c1-29-14-4-2-3-12(9-14)18-10-17(26-30-18)21(28)27-8-7-13(11-27)16-6-5-15-19(22)24-25-20(15)23-16/h2-6,9-10,13H,7-8,11H2,1H3,(H3,22,23,24,25)/t13-/m1/s1. The maximum atomic E-state index is 12.9.